The van der Waals surface area contributed by atoms with Crippen molar-refractivity contribution in [3.63, 3.8) is 0 Å². The molecule has 0 aliphatic carbocycles. The zero-order valence-electron chi connectivity index (χ0n) is 14.2. The van der Waals surface area contributed by atoms with E-state index in [-0.39, 0.29) is 30.2 Å². The molecule has 7 nitrogen and oxygen atoms in total. The molecule has 9 heteroatoms. The van der Waals surface area contributed by atoms with E-state index in [1.165, 1.54) is 12.4 Å². The van der Waals surface area contributed by atoms with Crippen LogP contribution in [-0.2, 0) is 11.3 Å². The summed E-state index contributed by atoms with van der Waals surface area (Å²) in [6.07, 6.45) is 3.40. The van der Waals surface area contributed by atoms with Crippen LogP contribution in [0.15, 0.2) is 17.4 Å². The number of imidazole rings is 1. The molecule has 1 aliphatic rings. The van der Waals surface area contributed by atoms with Crippen LogP contribution in [0.4, 0.5) is 8.78 Å². The number of rotatable bonds is 5. The number of nitrogens with zero attached hydrogens (tertiary/aromatic N) is 4. The Morgan fingerprint density at radius 1 is 1.50 bits per heavy atom. The van der Waals surface area contributed by atoms with E-state index in [0.29, 0.717) is 19.0 Å². The summed E-state index contributed by atoms with van der Waals surface area (Å²) in [7, 11) is 1.61. The molecule has 2 heterocycles. The first-order valence-corrected chi connectivity index (χ1v) is 7.98. The fourth-order valence-electron chi connectivity index (χ4n) is 2.65. The Kier molecular flexibility index (Phi) is 6.10. The summed E-state index contributed by atoms with van der Waals surface area (Å²) in [6, 6.07) is 0.0914. The maximum atomic E-state index is 12.8. The molecule has 134 valence electrons. The number of hydrogen-bond acceptors (Lipinski definition) is 3. The SMILES string of the molecule is CN=C(NCc1nccn1C(F)F)NC1CCN(C(=O)C(C)C)C1. The van der Waals surface area contributed by atoms with Crippen LogP contribution in [0.2, 0.25) is 0 Å². The lowest BCUT2D eigenvalue weighted by molar-refractivity contribution is -0.133. The van der Waals surface area contributed by atoms with Crippen molar-refractivity contribution >= 4 is 11.9 Å². The van der Waals surface area contributed by atoms with Crippen LogP contribution in [0.25, 0.3) is 0 Å². The number of aliphatic imine (C=N–C) groups is 1. The number of carbonyl (C=O) groups is 1. The standard InChI is InChI=1S/C15H24F2N6O/c1-10(2)13(24)22-6-4-11(9-22)21-15(18-3)20-8-12-19-5-7-23(12)14(16)17/h5,7,10-11,14H,4,6,8-9H2,1-3H3,(H2,18,20,21). The molecule has 1 aromatic rings. The highest BCUT2D eigenvalue weighted by molar-refractivity contribution is 5.81. The molecule has 0 spiro atoms. The van der Waals surface area contributed by atoms with Gasteiger partial charge in [0.15, 0.2) is 5.96 Å². The lowest BCUT2D eigenvalue weighted by atomic mass is 10.2. The minimum Gasteiger partial charge on any atom is -0.352 e. The van der Waals surface area contributed by atoms with Gasteiger partial charge in [0, 0.05) is 44.5 Å². The Morgan fingerprint density at radius 3 is 2.88 bits per heavy atom. The molecule has 0 radical (unpaired) electrons. The van der Waals surface area contributed by atoms with Gasteiger partial charge in [-0.2, -0.15) is 8.78 Å². The van der Waals surface area contributed by atoms with E-state index >= 15 is 0 Å². The summed E-state index contributed by atoms with van der Waals surface area (Å²) in [5.74, 6) is 0.856. The summed E-state index contributed by atoms with van der Waals surface area (Å²) in [5.41, 5.74) is 0. The third kappa shape index (κ3) is 4.42. The highest BCUT2D eigenvalue weighted by Gasteiger charge is 2.28. The smallest absolute Gasteiger partial charge is 0.319 e. The zero-order chi connectivity index (χ0) is 17.7. The first-order valence-electron chi connectivity index (χ1n) is 7.98. The van der Waals surface area contributed by atoms with Gasteiger partial charge < -0.3 is 15.5 Å². The van der Waals surface area contributed by atoms with Gasteiger partial charge in [0.2, 0.25) is 5.91 Å². The number of likely N-dealkylation sites (tertiary alicyclic amines) is 1. The largest absolute Gasteiger partial charge is 0.352 e. The van der Waals surface area contributed by atoms with E-state index in [1.807, 2.05) is 18.7 Å². The first-order chi connectivity index (χ1) is 11.4. The third-order valence-electron chi connectivity index (χ3n) is 3.93. The predicted molar refractivity (Wildman–Crippen MR) is 86.6 cm³/mol. The van der Waals surface area contributed by atoms with Gasteiger partial charge in [-0.3, -0.25) is 14.4 Å². The second-order valence-corrected chi connectivity index (χ2v) is 6.02. The van der Waals surface area contributed by atoms with Crippen LogP contribution in [0.5, 0.6) is 0 Å². The average Bonchev–Trinajstić information content (AvgIpc) is 3.19. The summed E-state index contributed by atoms with van der Waals surface area (Å²) >= 11 is 0. The number of amides is 1. The summed E-state index contributed by atoms with van der Waals surface area (Å²) in [5, 5.41) is 6.20. The zero-order valence-corrected chi connectivity index (χ0v) is 14.2. The fourth-order valence-corrected chi connectivity index (χ4v) is 2.65. The number of carbonyl (C=O) groups excluding carboxylic acids is 1. The van der Waals surface area contributed by atoms with Crippen molar-refractivity contribution < 1.29 is 13.6 Å². The molecular formula is C15H24F2N6O. The van der Waals surface area contributed by atoms with Crippen molar-refractivity contribution in [3.05, 3.63) is 18.2 Å². The van der Waals surface area contributed by atoms with Gasteiger partial charge in [0.1, 0.15) is 5.82 Å². The van der Waals surface area contributed by atoms with Crippen molar-refractivity contribution in [1.29, 1.82) is 0 Å². The lowest BCUT2D eigenvalue weighted by Crippen LogP contribution is -2.45. The van der Waals surface area contributed by atoms with Gasteiger partial charge >= 0.3 is 6.55 Å². The first kappa shape index (κ1) is 18.2. The van der Waals surface area contributed by atoms with Crippen molar-refractivity contribution in [1.82, 2.24) is 25.1 Å². The molecular weight excluding hydrogens is 318 g/mol. The highest BCUT2D eigenvalue weighted by Crippen LogP contribution is 2.13. The van der Waals surface area contributed by atoms with Gasteiger partial charge in [0.05, 0.1) is 6.54 Å². The number of hydrogen-bond donors (Lipinski definition) is 2. The number of halogens is 2. The maximum Gasteiger partial charge on any atom is 0.319 e. The predicted octanol–water partition coefficient (Wildman–Crippen LogP) is 1.20. The van der Waals surface area contributed by atoms with Gasteiger partial charge in [0.25, 0.3) is 0 Å². The minimum absolute atomic E-state index is 0.0191. The molecule has 24 heavy (non-hydrogen) atoms. The Morgan fingerprint density at radius 2 is 2.25 bits per heavy atom. The van der Waals surface area contributed by atoms with Crippen LogP contribution >= 0.6 is 0 Å². The highest BCUT2D eigenvalue weighted by atomic mass is 19.3. The molecule has 0 aromatic carbocycles. The molecule has 2 N–H and O–H groups in total. The van der Waals surface area contributed by atoms with Gasteiger partial charge in [-0.05, 0) is 6.42 Å². The Bertz CT molecular complexity index is 586. The van der Waals surface area contributed by atoms with Crippen LogP contribution in [0.3, 0.4) is 0 Å². The monoisotopic (exact) mass is 342 g/mol. The van der Waals surface area contributed by atoms with E-state index in [4.69, 9.17) is 0 Å². The summed E-state index contributed by atoms with van der Waals surface area (Å²) < 4.78 is 26.4. The van der Waals surface area contributed by atoms with Crippen molar-refractivity contribution in [2.75, 3.05) is 20.1 Å². The van der Waals surface area contributed by atoms with Gasteiger partial charge in [-0.15, -0.1) is 0 Å². The molecule has 0 bridgehead atoms. The lowest BCUT2D eigenvalue weighted by Gasteiger charge is -2.20. The Hall–Kier alpha value is -2.19. The summed E-state index contributed by atoms with van der Waals surface area (Å²) in [4.78, 5) is 21.8. The molecule has 1 aromatic heterocycles. The van der Waals surface area contributed by atoms with Crippen molar-refractivity contribution in [2.24, 2.45) is 10.9 Å². The number of nitrogens with one attached hydrogen (secondary N) is 2. The topological polar surface area (TPSA) is 74.6 Å². The van der Waals surface area contributed by atoms with Crippen LogP contribution in [0.1, 0.15) is 32.6 Å². The Labute approximate surface area is 140 Å². The molecule has 1 amide bonds. The molecule has 0 saturated carbocycles. The molecule has 1 fully saturated rings. The van der Waals surface area contributed by atoms with E-state index in [2.05, 4.69) is 20.6 Å². The normalized spacial score (nSPS) is 18.5. The van der Waals surface area contributed by atoms with Crippen molar-refractivity contribution in [3.8, 4) is 0 Å². The van der Waals surface area contributed by atoms with Crippen molar-refractivity contribution in [2.45, 2.75) is 39.4 Å². The van der Waals surface area contributed by atoms with Gasteiger partial charge in [-0.1, -0.05) is 13.8 Å². The van der Waals surface area contributed by atoms with Crippen LogP contribution in [-0.4, -0.2) is 52.5 Å². The molecule has 1 atom stereocenters. The minimum atomic E-state index is -2.62. The fraction of sp³-hybridized carbons (Fsp3) is 0.667. The second kappa shape index (κ2) is 8.07. The number of aromatic nitrogens is 2. The van der Waals surface area contributed by atoms with Gasteiger partial charge in [-0.25, -0.2) is 4.98 Å². The van der Waals surface area contributed by atoms with E-state index in [0.717, 1.165) is 11.0 Å². The van der Waals surface area contributed by atoms with E-state index < -0.39 is 6.55 Å². The third-order valence-corrected chi connectivity index (χ3v) is 3.93. The number of alkyl halides is 2. The maximum absolute atomic E-state index is 12.8. The van der Waals surface area contributed by atoms with Crippen LogP contribution < -0.4 is 10.6 Å². The molecule has 1 unspecified atom stereocenters. The van der Waals surface area contributed by atoms with E-state index in [1.54, 1.807) is 7.05 Å². The second-order valence-electron chi connectivity index (χ2n) is 6.02. The average molecular weight is 342 g/mol. The van der Waals surface area contributed by atoms with E-state index in [9.17, 15) is 13.6 Å². The Balaban J connectivity index is 1.85. The molecule has 1 aliphatic heterocycles. The van der Waals surface area contributed by atoms with Crippen LogP contribution in [0, 0.1) is 5.92 Å². The number of guanidine groups is 1. The quantitative estimate of drug-likeness (QED) is 0.623. The molecule has 2 rings (SSSR count). The molecule has 1 saturated heterocycles. The summed E-state index contributed by atoms with van der Waals surface area (Å²) in [6.45, 7) is 2.61.